The first-order valence-electron chi connectivity index (χ1n) is 5.32. The Morgan fingerprint density at radius 1 is 1.53 bits per heavy atom. The normalized spacial score (nSPS) is 11.2. The van der Waals surface area contributed by atoms with Gasteiger partial charge in [-0.25, -0.2) is 4.79 Å². The van der Waals surface area contributed by atoms with Crippen LogP contribution < -0.4 is 5.73 Å². The van der Waals surface area contributed by atoms with Crippen LogP contribution in [0.3, 0.4) is 0 Å². The number of ether oxygens (including phenoxy) is 1. The Labute approximate surface area is 99.1 Å². The summed E-state index contributed by atoms with van der Waals surface area (Å²) in [5.41, 5.74) is 7.79. The molecule has 0 aliphatic heterocycles. The topological polar surface area (TPSA) is 68.1 Å². The van der Waals surface area contributed by atoms with Crippen molar-refractivity contribution in [3.63, 3.8) is 0 Å². The highest BCUT2D eigenvalue weighted by Crippen LogP contribution is 2.21. The maximum absolute atomic E-state index is 11.7. The Bertz CT molecular complexity index is 570. The second-order valence-corrected chi connectivity index (χ2v) is 3.64. The van der Waals surface area contributed by atoms with Crippen LogP contribution in [0.25, 0.3) is 17.0 Å². The van der Waals surface area contributed by atoms with Gasteiger partial charge in [-0.1, -0.05) is 12.2 Å². The number of aromatic amines is 1. The van der Waals surface area contributed by atoms with Gasteiger partial charge in [0.05, 0.1) is 12.7 Å². The largest absolute Gasteiger partial charge is 0.465 e. The predicted octanol–water partition coefficient (Wildman–Crippen LogP) is 1.93. The Morgan fingerprint density at radius 3 is 3.06 bits per heavy atom. The van der Waals surface area contributed by atoms with Gasteiger partial charge in [-0.05, 0) is 23.8 Å². The summed E-state index contributed by atoms with van der Waals surface area (Å²) in [5.74, 6) is -0.336. The lowest BCUT2D eigenvalue weighted by Crippen LogP contribution is -2.02. The number of carbonyl (C=O) groups is 1. The van der Waals surface area contributed by atoms with Crippen LogP contribution in [0, 0.1) is 0 Å². The molecule has 3 N–H and O–H groups in total. The van der Waals surface area contributed by atoms with Gasteiger partial charge in [0.25, 0.3) is 0 Å². The molecule has 88 valence electrons. The fourth-order valence-corrected chi connectivity index (χ4v) is 1.77. The molecule has 0 aliphatic carbocycles. The number of hydrogen-bond donors (Lipinski definition) is 2. The molecule has 0 saturated carbocycles. The Morgan fingerprint density at radius 2 is 2.35 bits per heavy atom. The summed E-state index contributed by atoms with van der Waals surface area (Å²) in [6, 6.07) is 5.63. The summed E-state index contributed by atoms with van der Waals surface area (Å²) in [4.78, 5) is 14.7. The molecule has 0 saturated heterocycles. The lowest BCUT2D eigenvalue weighted by Gasteiger charge is -2.03. The number of carbonyl (C=O) groups excluding carboxylic acids is 1. The zero-order valence-electron chi connectivity index (χ0n) is 9.57. The lowest BCUT2D eigenvalue weighted by molar-refractivity contribution is 0.0603. The average Bonchev–Trinajstić information content (AvgIpc) is 2.82. The molecular weight excluding hydrogens is 216 g/mol. The van der Waals surface area contributed by atoms with E-state index >= 15 is 0 Å². The van der Waals surface area contributed by atoms with E-state index in [0.717, 1.165) is 16.5 Å². The van der Waals surface area contributed by atoms with Gasteiger partial charge in [-0.2, -0.15) is 0 Å². The number of rotatable bonds is 3. The Balaban J connectivity index is 2.58. The van der Waals surface area contributed by atoms with Crippen LogP contribution in [0.4, 0.5) is 0 Å². The highest BCUT2D eigenvalue weighted by molar-refractivity contribution is 6.04. The van der Waals surface area contributed by atoms with E-state index in [1.807, 2.05) is 24.3 Å². The Kier molecular flexibility index (Phi) is 3.25. The van der Waals surface area contributed by atoms with Crippen LogP contribution >= 0.6 is 0 Å². The van der Waals surface area contributed by atoms with E-state index in [9.17, 15) is 4.79 Å². The molecule has 2 aromatic rings. The molecule has 0 atom stereocenters. The number of nitrogens with one attached hydrogen (secondary N) is 1. The number of hydrogen-bond acceptors (Lipinski definition) is 3. The van der Waals surface area contributed by atoms with Gasteiger partial charge in [-0.3, -0.25) is 0 Å². The van der Waals surface area contributed by atoms with E-state index < -0.39 is 0 Å². The van der Waals surface area contributed by atoms with E-state index in [0.29, 0.717) is 12.1 Å². The molecule has 1 heterocycles. The molecule has 1 aromatic heterocycles. The summed E-state index contributed by atoms with van der Waals surface area (Å²) in [6.07, 6.45) is 5.52. The second-order valence-electron chi connectivity index (χ2n) is 3.64. The minimum absolute atomic E-state index is 0.336. The van der Waals surface area contributed by atoms with E-state index in [2.05, 4.69) is 4.98 Å². The predicted molar refractivity (Wildman–Crippen MR) is 67.7 cm³/mol. The number of aromatic nitrogens is 1. The maximum Gasteiger partial charge on any atom is 0.338 e. The van der Waals surface area contributed by atoms with Crippen molar-refractivity contribution in [3.8, 4) is 0 Å². The summed E-state index contributed by atoms with van der Waals surface area (Å²) < 4.78 is 4.77. The maximum atomic E-state index is 11.7. The van der Waals surface area contributed by atoms with Gasteiger partial charge in [-0.15, -0.1) is 0 Å². The number of nitrogens with two attached hydrogens (primary N) is 1. The molecule has 0 amide bonds. The zero-order valence-corrected chi connectivity index (χ0v) is 9.57. The molecule has 2 rings (SSSR count). The third-order valence-electron chi connectivity index (χ3n) is 2.54. The molecule has 0 spiro atoms. The van der Waals surface area contributed by atoms with Gasteiger partial charge in [0, 0.05) is 23.6 Å². The minimum Gasteiger partial charge on any atom is -0.465 e. The number of H-pyrrole nitrogens is 1. The van der Waals surface area contributed by atoms with Crippen molar-refractivity contribution in [2.45, 2.75) is 0 Å². The van der Waals surface area contributed by atoms with Gasteiger partial charge in [0.2, 0.25) is 0 Å². The zero-order chi connectivity index (χ0) is 12.3. The SMILES string of the molecule is COC(=O)c1cc(C=CCN)cc2[nH]ccc12. The van der Waals surface area contributed by atoms with Gasteiger partial charge >= 0.3 is 5.97 Å². The molecule has 4 nitrogen and oxygen atoms in total. The summed E-state index contributed by atoms with van der Waals surface area (Å²) >= 11 is 0. The summed E-state index contributed by atoms with van der Waals surface area (Å²) in [7, 11) is 1.38. The molecule has 0 unspecified atom stereocenters. The molecule has 0 bridgehead atoms. The summed E-state index contributed by atoms with van der Waals surface area (Å²) in [5, 5.41) is 0.863. The van der Waals surface area contributed by atoms with E-state index in [-0.39, 0.29) is 5.97 Å². The number of methoxy groups -OCH3 is 1. The average molecular weight is 230 g/mol. The standard InChI is InChI=1S/C13H14N2O2/c1-17-13(16)11-7-9(3-2-5-14)8-12-10(11)4-6-15-12/h2-4,6-8,15H,5,14H2,1H3. The first-order valence-corrected chi connectivity index (χ1v) is 5.32. The van der Waals surface area contributed by atoms with Gasteiger partial charge < -0.3 is 15.5 Å². The second kappa shape index (κ2) is 4.84. The number of benzene rings is 1. The highest BCUT2D eigenvalue weighted by atomic mass is 16.5. The van der Waals surface area contributed by atoms with Crippen LogP contribution in [0.2, 0.25) is 0 Å². The molecule has 17 heavy (non-hydrogen) atoms. The van der Waals surface area contributed by atoms with E-state index in [4.69, 9.17) is 10.5 Å². The van der Waals surface area contributed by atoms with Crippen LogP contribution in [0.1, 0.15) is 15.9 Å². The van der Waals surface area contributed by atoms with E-state index in [1.165, 1.54) is 7.11 Å². The van der Waals surface area contributed by atoms with Gasteiger partial charge in [0.1, 0.15) is 0 Å². The van der Waals surface area contributed by atoms with Crippen LogP contribution in [-0.2, 0) is 4.74 Å². The monoisotopic (exact) mass is 230 g/mol. The van der Waals surface area contributed by atoms with Crippen molar-refractivity contribution >= 4 is 22.9 Å². The first kappa shape index (κ1) is 11.4. The van der Waals surface area contributed by atoms with Crippen molar-refractivity contribution in [2.75, 3.05) is 13.7 Å². The Hall–Kier alpha value is -2.07. The fraction of sp³-hybridized carbons (Fsp3) is 0.154. The van der Waals surface area contributed by atoms with Crippen LogP contribution in [-0.4, -0.2) is 24.6 Å². The van der Waals surface area contributed by atoms with Gasteiger partial charge in [0.15, 0.2) is 0 Å². The van der Waals surface area contributed by atoms with Crippen LogP contribution in [0.5, 0.6) is 0 Å². The third kappa shape index (κ3) is 2.21. The van der Waals surface area contributed by atoms with Crippen molar-refractivity contribution in [1.29, 1.82) is 0 Å². The molecule has 0 aliphatic rings. The quantitative estimate of drug-likeness (QED) is 0.791. The molecule has 0 radical (unpaired) electrons. The van der Waals surface area contributed by atoms with Crippen molar-refractivity contribution in [2.24, 2.45) is 5.73 Å². The smallest absolute Gasteiger partial charge is 0.338 e. The minimum atomic E-state index is -0.336. The molecule has 4 heteroatoms. The third-order valence-corrected chi connectivity index (χ3v) is 2.54. The van der Waals surface area contributed by atoms with Crippen molar-refractivity contribution < 1.29 is 9.53 Å². The number of esters is 1. The van der Waals surface area contributed by atoms with E-state index in [1.54, 1.807) is 12.3 Å². The van der Waals surface area contributed by atoms with Crippen molar-refractivity contribution in [1.82, 2.24) is 4.98 Å². The highest BCUT2D eigenvalue weighted by Gasteiger charge is 2.11. The molecule has 0 fully saturated rings. The molecule has 1 aromatic carbocycles. The van der Waals surface area contributed by atoms with Crippen molar-refractivity contribution in [3.05, 3.63) is 41.6 Å². The lowest BCUT2D eigenvalue weighted by atomic mass is 10.1. The first-order chi connectivity index (χ1) is 8.26. The summed E-state index contributed by atoms with van der Waals surface area (Å²) in [6.45, 7) is 0.469. The fourth-order valence-electron chi connectivity index (χ4n) is 1.77. The number of fused-ring (bicyclic) bond motifs is 1. The molecular formula is C13H14N2O2. The van der Waals surface area contributed by atoms with Crippen LogP contribution in [0.15, 0.2) is 30.5 Å².